The number of nitrogens with zero attached hydrogens (tertiary/aromatic N) is 4. The fourth-order valence-electron chi connectivity index (χ4n) is 4.96. The topological polar surface area (TPSA) is 201 Å². The van der Waals surface area contributed by atoms with Crippen LogP contribution in [0, 0.1) is 16.6 Å². The molecule has 0 saturated carbocycles. The Morgan fingerprint density at radius 3 is 2.00 bits per heavy atom. The summed E-state index contributed by atoms with van der Waals surface area (Å²) in [5, 5.41) is 26.5. The number of nitrogens with one attached hydrogen (secondary N) is 2. The summed E-state index contributed by atoms with van der Waals surface area (Å²) in [4.78, 5) is 39.9. The molecule has 0 aliphatic heterocycles. The number of aliphatic carboxylic acids is 2. The van der Waals surface area contributed by atoms with E-state index in [9.17, 15) is 31.1 Å². The van der Waals surface area contributed by atoms with Crippen molar-refractivity contribution in [2.75, 3.05) is 27.2 Å². The number of aryl methyl sites for hydroxylation is 1. The van der Waals surface area contributed by atoms with Crippen molar-refractivity contribution in [1.82, 2.24) is 24.6 Å². The first-order valence-electron chi connectivity index (χ1n) is 16.1. The van der Waals surface area contributed by atoms with Gasteiger partial charge in [-0.05, 0) is 56.3 Å². The molecule has 20 heteroatoms. The van der Waals surface area contributed by atoms with Gasteiger partial charge in [0.2, 0.25) is 0 Å². The highest BCUT2D eigenvalue weighted by Gasteiger charge is 2.39. The number of hydrogen-bond acceptors (Lipinski definition) is 8. The molecule has 55 heavy (non-hydrogen) atoms. The predicted octanol–water partition coefficient (Wildman–Crippen LogP) is 5.55. The van der Waals surface area contributed by atoms with Crippen molar-refractivity contribution in [1.29, 1.82) is 5.41 Å². The largest absolute Gasteiger partial charge is 0.490 e. The van der Waals surface area contributed by atoms with Crippen molar-refractivity contribution in [3.05, 3.63) is 105 Å². The summed E-state index contributed by atoms with van der Waals surface area (Å²) in [6.45, 7) is 7.27. The third kappa shape index (κ3) is 14.2. The molecule has 2 aromatic carbocycles. The zero-order valence-electron chi connectivity index (χ0n) is 30.2. The molecule has 6 N–H and O–H groups in total. The maximum atomic E-state index is 16.3. The van der Waals surface area contributed by atoms with E-state index >= 15 is 4.39 Å². The van der Waals surface area contributed by atoms with Crippen molar-refractivity contribution in [2.45, 2.75) is 51.9 Å². The van der Waals surface area contributed by atoms with Crippen molar-refractivity contribution < 1.29 is 55.3 Å². The maximum Gasteiger partial charge on any atom is 0.490 e. The van der Waals surface area contributed by atoms with Crippen LogP contribution >= 0.6 is 0 Å². The van der Waals surface area contributed by atoms with Gasteiger partial charge in [-0.25, -0.2) is 23.8 Å². The number of carboxylic acids is 2. The second kappa shape index (κ2) is 19.0. The molecule has 0 fully saturated rings. The first-order chi connectivity index (χ1) is 25.4. The van der Waals surface area contributed by atoms with E-state index in [1.165, 1.54) is 4.68 Å². The monoisotopic (exact) mass is 787 g/mol. The lowest BCUT2D eigenvalue weighted by Crippen LogP contribution is -2.33. The average molecular weight is 788 g/mol. The van der Waals surface area contributed by atoms with E-state index in [0.717, 1.165) is 17.7 Å². The lowest BCUT2D eigenvalue weighted by Gasteiger charge is -2.28. The van der Waals surface area contributed by atoms with Gasteiger partial charge in [0.25, 0.3) is 0 Å². The number of carbonyl (C=O) groups is 2. The number of aromatic nitrogens is 4. The van der Waals surface area contributed by atoms with Gasteiger partial charge in [-0.3, -0.25) is 10.4 Å². The molecule has 0 spiro atoms. The molecule has 4 rings (SSSR count). The van der Waals surface area contributed by atoms with Crippen LogP contribution in [-0.4, -0.2) is 92.2 Å². The summed E-state index contributed by atoms with van der Waals surface area (Å²) in [6, 6.07) is 16.0. The average Bonchev–Trinajstić information content (AvgIpc) is 3.47. The van der Waals surface area contributed by atoms with Gasteiger partial charge in [-0.1, -0.05) is 57.2 Å². The molecule has 1 unspecified atom stereocenters. The summed E-state index contributed by atoms with van der Waals surface area (Å²) in [6.07, 6.45) is -7.58. The van der Waals surface area contributed by atoms with E-state index in [1.807, 2.05) is 39.2 Å². The number of amidine groups is 1. The van der Waals surface area contributed by atoms with Crippen molar-refractivity contribution in [3.8, 4) is 11.6 Å². The number of rotatable bonds is 12. The Bertz CT molecular complexity index is 1940. The number of halogens is 7. The fraction of sp³-hybridized carbons (Fsp3) is 0.371. The molecule has 0 aliphatic rings. The predicted molar refractivity (Wildman–Crippen MR) is 186 cm³/mol. The van der Waals surface area contributed by atoms with E-state index in [4.69, 9.17) is 35.7 Å². The molecule has 1 atom stereocenters. The van der Waals surface area contributed by atoms with Crippen LogP contribution < -0.4 is 16.2 Å². The van der Waals surface area contributed by atoms with Crippen molar-refractivity contribution >= 4 is 17.8 Å². The number of ether oxygens (including phenoxy) is 1. The van der Waals surface area contributed by atoms with Crippen LogP contribution in [0.1, 0.15) is 54.8 Å². The fourth-order valence-corrected chi connectivity index (χ4v) is 4.96. The Balaban J connectivity index is 0.000000633. The zero-order valence-corrected chi connectivity index (χ0v) is 30.2. The number of alkyl halides is 6. The third-order valence-electron chi connectivity index (χ3n) is 7.29. The number of H-pyrrole nitrogens is 1. The van der Waals surface area contributed by atoms with E-state index in [0.29, 0.717) is 42.2 Å². The Labute approximate surface area is 310 Å². The van der Waals surface area contributed by atoms with Gasteiger partial charge in [-0.2, -0.15) is 31.0 Å². The number of hydrogen-bond donors (Lipinski definition) is 5. The van der Waals surface area contributed by atoms with Gasteiger partial charge in [0.05, 0.1) is 12.5 Å². The zero-order chi connectivity index (χ0) is 41.9. The smallest absolute Gasteiger partial charge is 0.490 e. The molecule has 300 valence electrons. The summed E-state index contributed by atoms with van der Waals surface area (Å²) >= 11 is 0. The van der Waals surface area contributed by atoms with Crippen LogP contribution in [0.5, 0.6) is 5.75 Å². The number of benzene rings is 2. The standard InChI is InChI=1S/C31H38FN7O2.2C2HF3O2/c1-6-20-15-23(27(32)25(17-20)41-19-31(2,3)18-38(4)5)24(16-21-10-12-22(13-11-21)28(33)34)29-36-30(40)39(37-29)26-9-7-8-14-35-26;2*3-2(4,5)1(6)7/h7-15,17,24H,6,16,18-19H2,1-5H3,(H3,33,34)(H,36,37,40);2*(H,6,7). The van der Waals surface area contributed by atoms with Gasteiger partial charge < -0.3 is 25.6 Å². The quantitative estimate of drug-likeness (QED) is 0.0689. The molecule has 0 bridgehead atoms. The minimum absolute atomic E-state index is 0.0350. The van der Waals surface area contributed by atoms with Crippen LogP contribution in [0.2, 0.25) is 0 Å². The summed E-state index contributed by atoms with van der Waals surface area (Å²) < 4.78 is 87.1. The Kier molecular flexibility index (Phi) is 15.7. The van der Waals surface area contributed by atoms with E-state index < -0.39 is 41.7 Å². The first kappa shape index (κ1) is 45.4. The lowest BCUT2D eigenvalue weighted by atomic mass is 9.89. The molecule has 13 nitrogen and oxygen atoms in total. The molecular weight excluding hydrogens is 747 g/mol. The van der Waals surface area contributed by atoms with Crippen molar-refractivity contribution in [2.24, 2.45) is 11.1 Å². The SMILES string of the molecule is CCc1cc(OCC(C)(C)CN(C)C)c(F)c(C(Cc2ccc(C(=N)N)cc2)c2nn(-c3ccccn3)c(=O)[nH]2)c1.O=C(O)C(F)(F)F.O=C(O)C(F)(F)F. The third-order valence-corrected chi connectivity index (χ3v) is 7.29. The second-order valence-electron chi connectivity index (χ2n) is 12.9. The van der Waals surface area contributed by atoms with Gasteiger partial charge in [0.1, 0.15) is 11.7 Å². The molecule has 0 radical (unpaired) electrons. The Morgan fingerprint density at radius 1 is 0.982 bits per heavy atom. The molecule has 0 saturated heterocycles. The van der Waals surface area contributed by atoms with Crippen LogP contribution in [0.25, 0.3) is 5.82 Å². The minimum Gasteiger partial charge on any atom is -0.490 e. The van der Waals surface area contributed by atoms with Crippen LogP contribution in [0.4, 0.5) is 30.7 Å². The summed E-state index contributed by atoms with van der Waals surface area (Å²) in [5.74, 6) is -5.83. The highest BCUT2D eigenvalue weighted by molar-refractivity contribution is 5.94. The van der Waals surface area contributed by atoms with Gasteiger partial charge in [-0.15, -0.1) is 5.10 Å². The molecule has 2 aromatic heterocycles. The lowest BCUT2D eigenvalue weighted by molar-refractivity contribution is -0.193. The number of nitrogens with two attached hydrogens (primary N) is 1. The minimum atomic E-state index is -5.08. The van der Waals surface area contributed by atoms with Crippen LogP contribution in [0.15, 0.2) is 65.6 Å². The van der Waals surface area contributed by atoms with Gasteiger partial charge in [0.15, 0.2) is 17.4 Å². The van der Waals surface area contributed by atoms with Gasteiger partial charge in [0, 0.05) is 29.3 Å². The van der Waals surface area contributed by atoms with E-state index in [2.05, 4.69) is 33.8 Å². The molecular formula is C35H40F7N7O6. The molecule has 2 heterocycles. The Morgan fingerprint density at radius 2 is 1.55 bits per heavy atom. The number of aromatic amines is 1. The highest BCUT2D eigenvalue weighted by atomic mass is 19.4. The molecule has 0 amide bonds. The number of pyridine rings is 1. The summed E-state index contributed by atoms with van der Waals surface area (Å²) in [7, 11) is 3.99. The van der Waals surface area contributed by atoms with Crippen molar-refractivity contribution in [3.63, 3.8) is 0 Å². The molecule has 0 aliphatic carbocycles. The number of nitrogen functional groups attached to an aromatic ring is 1. The maximum absolute atomic E-state index is 16.3. The van der Waals surface area contributed by atoms with E-state index in [-0.39, 0.29) is 17.0 Å². The number of carboxylic acid groups (broad SMARTS) is 2. The van der Waals surface area contributed by atoms with Crippen LogP contribution in [-0.2, 0) is 22.4 Å². The van der Waals surface area contributed by atoms with Crippen LogP contribution in [0.3, 0.4) is 0 Å². The summed E-state index contributed by atoms with van der Waals surface area (Å²) in [5.41, 5.74) is 7.70. The first-order valence-corrected chi connectivity index (χ1v) is 16.1. The normalized spacial score (nSPS) is 12.2. The molecule has 4 aromatic rings. The second-order valence-corrected chi connectivity index (χ2v) is 12.9. The van der Waals surface area contributed by atoms with E-state index in [1.54, 1.807) is 42.6 Å². The Hall–Kier alpha value is -5.79. The highest BCUT2D eigenvalue weighted by Crippen LogP contribution is 2.35. The van der Waals surface area contributed by atoms with Gasteiger partial charge >= 0.3 is 30.0 Å².